The highest BCUT2D eigenvalue weighted by atomic mass is 19.4. The van der Waals surface area contributed by atoms with Crippen LogP contribution in [0.5, 0.6) is 0 Å². The molecule has 4 rings (SSSR count). The molecule has 2 aromatic rings. The zero-order chi connectivity index (χ0) is 19.8. The van der Waals surface area contributed by atoms with Crippen LogP contribution in [0.3, 0.4) is 0 Å². The highest BCUT2D eigenvalue weighted by molar-refractivity contribution is 5.28. The Hall–Kier alpha value is -1.96. The molecule has 0 radical (unpaired) electrons. The summed E-state index contributed by atoms with van der Waals surface area (Å²) in [6.45, 7) is 1.52. The fraction of sp³-hybridized carbons (Fsp3) is 0.429. The standard InChI is InChI=1S/C21H21F4NO2/c22-18-7-3-15(4-8-18)19-20(27-12-11-26-19)10-9-16(13-28-20)14-1-5-17(6-2-14)21(23,24)25/h1-8,16,19,26H,9-13H2/t16-,19+,20-/m1/s1. The number of hydrogen-bond acceptors (Lipinski definition) is 3. The van der Waals surface area contributed by atoms with Gasteiger partial charge in [-0.3, -0.25) is 0 Å². The highest BCUT2D eigenvalue weighted by Gasteiger charge is 2.47. The minimum absolute atomic E-state index is 0.00676. The molecular weight excluding hydrogens is 374 g/mol. The summed E-state index contributed by atoms with van der Waals surface area (Å²) in [5.74, 6) is -1.15. The van der Waals surface area contributed by atoms with Gasteiger partial charge in [-0.1, -0.05) is 24.3 Å². The van der Waals surface area contributed by atoms with Crippen molar-refractivity contribution < 1.29 is 27.0 Å². The predicted molar refractivity (Wildman–Crippen MR) is 95.2 cm³/mol. The van der Waals surface area contributed by atoms with Crippen LogP contribution in [-0.4, -0.2) is 25.5 Å². The fourth-order valence-electron chi connectivity index (χ4n) is 4.01. The number of hydrogen-bond donors (Lipinski definition) is 1. The van der Waals surface area contributed by atoms with E-state index in [1.165, 1.54) is 24.3 Å². The van der Waals surface area contributed by atoms with Crippen molar-refractivity contribution in [3.05, 3.63) is 71.0 Å². The molecule has 2 saturated heterocycles. The Morgan fingerprint density at radius 3 is 2.21 bits per heavy atom. The van der Waals surface area contributed by atoms with Crippen molar-refractivity contribution in [1.82, 2.24) is 5.32 Å². The van der Waals surface area contributed by atoms with Gasteiger partial charge in [-0.25, -0.2) is 4.39 Å². The SMILES string of the molecule is Fc1ccc([C@@H]2NCCO[C@@]23CC[C@@H](c2ccc(C(F)(F)F)cc2)CO3)cc1. The molecule has 7 heteroatoms. The number of benzene rings is 2. The molecule has 1 N–H and O–H groups in total. The molecule has 3 nitrogen and oxygen atoms in total. The van der Waals surface area contributed by atoms with Gasteiger partial charge in [-0.05, 0) is 41.8 Å². The van der Waals surface area contributed by atoms with Gasteiger partial charge in [-0.15, -0.1) is 0 Å². The third-order valence-corrected chi connectivity index (χ3v) is 5.52. The van der Waals surface area contributed by atoms with E-state index >= 15 is 0 Å². The van der Waals surface area contributed by atoms with Crippen molar-refractivity contribution in [2.75, 3.05) is 19.8 Å². The van der Waals surface area contributed by atoms with Crippen LogP contribution in [0.15, 0.2) is 48.5 Å². The van der Waals surface area contributed by atoms with Gasteiger partial charge in [0.2, 0.25) is 0 Å². The topological polar surface area (TPSA) is 30.5 Å². The molecule has 2 aliphatic heterocycles. The Morgan fingerprint density at radius 1 is 0.929 bits per heavy atom. The molecule has 28 heavy (non-hydrogen) atoms. The van der Waals surface area contributed by atoms with Crippen molar-refractivity contribution in [2.45, 2.75) is 36.8 Å². The normalized spacial score (nSPS) is 28.4. The number of ether oxygens (including phenoxy) is 2. The van der Waals surface area contributed by atoms with Gasteiger partial charge in [-0.2, -0.15) is 13.2 Å². The van der Waals surface area contributed by atoms with Crippen LogP contribution < -0.4 is 5.32 Å². The van der Waals surface area contributed by atoms with E-state index in [2.05, 4.69) is 5.32 Å². The van der Waals surface area contributed by atoms with Crippen LogP contribution in [0.1, 0.15) is 41.5 Å². The molecule has 0 saturated carbocycles. The predicted octanol–water partition coefficient (Wildman–Crippen LogP) is 4.80. The van der Waals surface area contributed by atoms with E-state index in [9.17, 15) is 17.6 Å². The number of halogens is 4. The minimum Gasteiger partial charge on any atom is -0.347 e. The molecular formula is C21H21F4NO2. The summed E-state index contributed by atoms with van der Waals surface area (Å²) in [5, 5.41) is 3.40. The first-order valence-electron chi connectivity index (χ1n) is 9.31. The summed E-state index contributed by atoms with van der Waals surface area (Å²) in [7, 11) is 0. The zero-order valence-electron chi connectivity index (χ0n) is 15.1. The van der Waals surface area contributed by atoms with E-state index in [-0.39, 0.29) is 17.8 Å². The number of morpholine rings is 1. The summed E-state index contributed by atoms with van der Waals surface area (Å²) < 4.78 is 63.7. The van der Waals surface area contributed by atoms with Crippen molar-refractivity contribution in [1.29, 1.82) is 0 Å². The van der Waals surface area contributed by atoms with E-state index in [4.69, 9.17) is 9.47 Å². The third kappa shape index (κ3) is 3.79. The van der Waals surface area contributed by atoms with Gasteiger partial charge < -0.3 is 14.8 Å². The lowest BCUT2D eigenvalue weighted by Gasteiger charge is -2.48. The smallest absolute Gasteiger partial charge is 0.347 e. The third-order valence-electron chi connectivity index (χ3n) is 5.52. The van der Waals surface area contributed by atoms with Gasteiger partial charge >= 0.3 is 6.18 Å². The first-order valence-corrected chi connectivity index (χ1v) is 9.31. The lowest BCUT2D eigenvalue weighted by molar-refractivity contribution is -0.289. The van der Waals surface area contributed by atoms with E-state index in [0.717, 1.165) is 29.7 Å². The summed E-state index contributed by atoms with van der Waals surface area (Å²) in [4.78, 5) is 0. The largest absolute Gasteiger partial charge is 0.416 e. The number of alkyl halides is 3. The Balaban J connectivity index is 1.49. The van der Waals surface area contributed by atoms with Crippen LogP contribution in [0.25, 0.3) is 0 Å². The van der Waals surface area contributed by atoms with E-state index in [1.807, 2.05) is 0 Å². The van der Waals surface area contributed by atoms with Gasteiger partial charge in [0.15, 0.2) is 5.79 Å². The lowest BCUT2D eigenvalue weighted by Crippen LogP contribution is -2.56. The van der Waals surface area contributed by atoms with E-state index in [0.29, 0.717) is 26.2 Å². The summed E-state index contributed by atoms with van der Waals surface area (Å²) >= 11 is 0. The molecule has 2 aliphatic rings. The molecule has 0 aromatic heterocycles. The second-order valence-corrected chi connectivity index (χ2v) is 7.27. The summed E-state index contributed by atoms with van der Waals surface area (Å²) in [6.07, 6.45) is -3.02. The van der Waals surface area contributed by atoms with Gasteiger partial charge in [0.1, 0.15) is 5.82 Å². The van der Waals surface area contributed by atoms with Crippen LogP contribution in [0.4, 0.5) is 17.6 Å². The van der Waals surface area contributed by atoms with E-state index in [1.54, 1.807) is 12.1 Å². The second kappa shape index (κ2) is 7.46. The average Bonchev–Trinajstić information content (AvgIpc) is 2.69. The van der Waals surface area contributed by atoms with E-state index < -0.39 is 17.5 Å². The molecule has 0 amide bonds. The van der Waals surface area contributed by atoms with Crippen LogP contribution in [0.2, 0.25) is 0 Å². The Morgan fingerprint density at radius 2 is 1.61 bits per heavy atom. The van der Waals surface area contributed by atoms with Crippen LogP contribution >= 0.6 is 0 Å². The van der Waals surface area contributed by atoms with Gasteiger partial charge in [0.05, 0.1) is 24.8 Å². The van der Waals surface area contributed by atoms with Crippen LogP contribution in [-0.2, 0) is 15.7 Å². The highest BCUT2D eigenvalue weighted by Crippen LogP contribution is 2.43. The molecule has 3 atom stereocenters. The first-order chi connectivity index (χ1) is 13.4. The van der Waals surface area contributed by atoms with Gasteiger partial charge in [0.25, 0.3) is 0 Å². The Kier molecular flexibility index (Phi) is 5.16. The minimum atomic E-state index is -4.34. The number of nitrogens with one attached hydrogen (secondary N) is 1. The molecule has 2 heterocycles. The molecule has 0 unspecified atom stereocenters. The second-order valence-electron chi connectivity index (χ2n) is 7.27. The lowest BCUT2D eigenvalue weighted by atomic mass is 9.84. The van der Waals surface area contributed by atoms with Crippen molar-refractivity contribution in [2.24, 2.45) is 0 Å². The molecule has 1 spiro atoms. The Bertz CT molecular complexity index is 797. The molecule has 0 bridgehead atoms. The maximum absolute atomic E-state index is 13.3. The van der Waals surface area contributed by atoms with Crippen LogP contribution in [0, 0.1) is 5.82 Å². The molecule has 150 valence electrons. The maximum Gasteiger partial charge on any atom is 0.416 e. The van der Waals surface area contributed by atoms with Crippen molar-refractivity contribution >= 4 is 0 Å². The monoisotopic (exact) mass is 395 g/mol. The molecule has 2 fully saturated rings. The molecule has 2 aromatic carbocycles. The Labute approximate surface area is 160 Å². The zero-order valence-corrected chi connectivity index (χ0v) is 15.1. The quantitative estimate of drug-likeness (QED) is 0.742. The van der Waals surface area contributed by atoms with Crippen molar-refractivity contribution in [3.63, 3.8) is 0 Å². The average molecular weight is 395 g/mol. The first kappa shape index (κ1) is 19.4. The fourth-order valence-corrected chi connectivity index (χ4v) is 4.01. The number of rotatable bonds is 2. The van der Waals surface area contributed by atoms with Crippen molar-refractivity contribution in [3.8, 4) is 0 Å². The molecule has 0 aliphatic carbocycles. The summed E-state index contributed by atoms with van der Waals surface area (Å²) in [5.41, 5.74) is 1.06. The maximum atomic E-state index is 13.3. The van der Waals surface area contributed by atoms with Gasteiger partial charge in [0, 0.05) is 18.9 Å². The summed E-state index contributed by atoms with van der Waals surface area (Å²) in [6, 6.07) is 11.3.